The molecule has 114 valence electrons. The van der Waals surface area contributed by atoms with Crippen molar-refractivity contribution < 1.29 is 18.3 Å². The molecule has 0 saturated carbocycles. The molecule has 0 fully saturated rings. The Hall–Kier alpha value is -2.35. The number of hydrogen-bond acceptors (Lipinski definition) is 5. The number of halogens is 2. The summed E-state index contributed by atoms with van der Waals surface area (Å²) in [5.41, 5.74) is 0.922. The highest BCUT2D eigenvalue weighted by Crippen LogP contribution is 2.33. The summed E-state index contributed by atoms with van der Waals surface area (Å²) in [4.78, 5) is 15.5. The summed E-state index contributed by atoms with van der Waals surface area (Å²) >= 11 is 0.905. The van der Waals surface area contributed by atoms with Gasteiger partial charge >= 0.3 is 5.97 Å². The first-order chi connectivity index (χ1) is 10.6. The smallest absolute Gasteiger partial charge is 0.350 e. The van der Waals surface area contributed by atoms with Crippen molar-refractivity contribution in [3.8, 4) is 10.6 Å². The van der Waals surface area contributed by atoms with Crippen molar-refractivity contribution in [2.24, 2.45) is 0 Å². The summed E-state index contributed by atoms with van der Waals surface area (Å²) in [5.74, 6) is -0.771. The molecule has 0 aromatic carbocycles. The van der Waals surface area contributed by atoms with Gasteiger partial charge in [-0.2, -0.15) is 5.10 Å². The Morgan fingerprint density at radius 2 is 2.27 bits per heavy atom. The van der Waals surface area contributed by atoms with E-state index in [9.17, 15) is 13.6 Å². The Morgan fingerprint density at radius 1 is 1.45 bits per heavy atom. The van der Waals surface area contributed by atoms with Crippen LogP contribution in [0.4, 0.5) is 8.78 Å². The third kappa shape index (κ3) is 2.57. The maximum atomic E-state index is 13.1. The fourth-order valence-corrected chi connectivity index (χ4v) is 2.96. The molecule has 0 N–H and O–H groups in total. The number of carbonyl (C=O) groups is 1. The molecule has 3 aromatic heterocycles. The minimum Gasteiger partial charge on any atom is -0.462 e. The second-order valence-corrected chi connectivity index (χ2v) is 5.37. The number of aromatic nitrogens is 3. The van der Waals surface area contributed by atoms with E-state index < -0.39 is 18.1 Å². The number of carbonyl (C=O) groups excluding carboxylic acids is 1. The molecule has 5 nitrogen and oxygen atoms in total. The van der Waals surface area contributed by atoms with Crippen molar-refractivity contribution >= 4 is 22.8 Å². The van der Waals surface area contributed by atoms with Crippen LogP contribution in [0.15, 0.2) is 30.6 Å². The summed E-state index contributed by atoms with van der Waals surface area (Å²) in [6.07, 6.45) is 0.511. The normalized spacial score (nSPS) is 11.3. The first-order valence-corrected chi connectivity index (χ1v) is 7.31. The second kappa shape index (κ2) is 5.80. The predicted octanol–water partition coefficient (Wildman–Crippen LogP) is 3.57. The predicted molar refractivity (Wildman–Crippen MR) is 77.2 cm³/mol. The van der Waals surface area contributed by atoms with Gasteiger partial charge < -0.3 is 4.74 Å². The van der Waals surface area contributed by atoms with Gasteiger partial charge in [0, 0.05) is 18.0 Å². The molecule has 0 atom stereocenters. The van der Waals surface area contributed by atoms with Crippen molar-refractivity contribution in [2.45, 2.75) is 13.3 Å². The third-order valence-corrected chi connectivity index (χ3v) is 4.07. The van der Waals surface area contributed by atoms with Crippen LogP contribution in [0.1, 0.15) is 28.7 Å². The number of alkyl halides is 2. The molecule has 0 radical (unpaired) electrons. The SMILES string of the molecule is CCOC(=O)c1sc(-c2ccn3nccc3c2)nc1C(F)F. The van der Waals surface area contributed by atoms with Gasteiger partial charge in [0.1, 0.15) is 15.6 Å². The molecule has 0 aliphatic carbocycles. The van der Waals surface area contributed by atoms with E-state index >= 15 is 0 Å². The molecular weight excluding hydrogens is 312 g/mol. The number of pyridine rings is 1. The van der Waals surface area contributed by atoms with Crippen LogP contribution in [-0.2, 0) is 4.74 Å². The van der Waals surface area contributed by atoms with Crippen molar-refractivity contribution in [3.63, 3.8) is 0 Å². The lowest BCUT2D eigenvalue weighted by Gasteiger charge is -2.00. The minimum absolute atomic E-state index is 0.122. The molecular formula is C14H11F2N3O2S. The van der Waals surface area contributed by atoms with Crippen LogP contribution in [0.5, 0.6) is 0 Å². The van der Waals surface area contributed by atoms with E-state index in [-0.39, 0.29) is 11.5 Å². The van der Waals surface area contributed by atoms with Crippen LogP contribution in [0, 0.1) is 0 Å². The minimum atomic E-state index is -2.83. The fourth-order valence-electron chi connectivity index (χ4n) is 2.00. The number of nitrogens with zero attached hydrogens (tertiary/aromatic N) is 3. The van der Waals surface area contributed by atoms with Gasteiger partial charge in [0.15, 0.2) is 0 Å². The zero-order valence-electron chi connectivity index (χ0n) is 11.5. The highest BCUT2D eigenvalue weighted by atomic mass is 32.1. The number of hydrogen-bond donors (Lipinski definition) is 0. The maximum Gasteiger partial charge on any atom is 0.350 e. The molecule has 8 heteroatoms. The Labute approximate surface area is 128 Å². The van der Waals surface area contributed by atoms with Gasteiger partial charge in [-0.3, -0.25) is 0 Å². The first kappa shape index (κ1) is 14.6. The van der Waals surface area contributed by atoms with E-state index in [2.05, 4.69) is 10.1 Å². The van der Waals surface area contributed by atoms with E-state index in [4.69, 9.17) is 4.74 Å². The van der Waals surface area contributed by atoms with Crippen LogP contribution in [-0.4, -0.2) is 27.2 Å². The Bertz CT molecular complexity index is 828. The molecule has 0 aliphatic heterocycles. The molecule has 0 spiro atoms. The van der Waals surface area contributed by atoms with Crippen molar-refractivity contribution in [2.75, 3.05) is 6.61 Å². The first-order valence-electron chi connectivity index (χ1n) is 6.50. The van der Waals surface area contributed by atoms with Crippen molar-refractivity contribution in [3.05, 3.63) is 41.2 Å². The van der Waals surface area contributed by atoms with Crippen LogP contribution < -0.4 is 0 Å². The molecule has 0 unspecified atom stereocenters. The molecule has 0 aliphatic rings. The summed E-state index contributed by atoms with van der Waals surface area (Å²) in [6, 6.07) is 5.27. The Balaban J connectivity index is 2.06. The maximum absolute atomic E-state index is 13.1. The molecule has 3 heterocycles. The largest absolute Gasteiger partial charge is 0.462 e. The third-order valence-electron chi connectivity index (χ3n) is 2.97. The molecule has 0 amide bonds. The zero-order valence-corrected chi connectivity index (χ0v) is 12.3. The second-order valence-electron chi connectivity index (χ2n) is 4.37. The Kier molecular flexibility index (Phi) is 3.84. The van der Waals surface area contributed by atoms with Crippen LogP contribution in [0.25, 0.3) is 16.1 Å². The lowest BCUT2D eigenvalue weighted by atomic mass is 10.2. The summed E-state index contributed by atoms with van der Waals surface area (Å²) in [5, 5.41) is 4.41. The van der Waals surface area contributed by atoms with E-state index in [0.717, 1.165) is 16.9 Å². The van der Waals surface area contributed by atoms with E-state index in [1.54, 1.807) is 42.0 Å². The Morgan fingerprint density at radius 3 is 3.00 bits per heavy atom. The van der Waals surface area contributed by atoms with Gasteiger partial charge in [-0.05, 0) is 25.1 Å². The highest BCUT2D eigenvalue weighted by molar-refractivity contribution is 7.17. The highest BCUT2D eigenvalue weighted by Gasteiger charge is 2.26. The van der Waals surface area contributed by atoms with E-state index in [1.165, 1.54) is 0 Å². The van der Waals surface area contributed by atoms with Crippen molar-refractivity contribution in [1.29, 1.82) is 0 Å². The van der Waals surface area contributed by atoms with E-state index in [1.807, 2.05) is 0 Å². The summed E-state index contributed by atoms with van der Waals surface area (Å²) in [7, 11) is 0. The number of thiazole rings is 1. The average molecular weight is 323 g/mol. The summed E-state index contributed by atoms with van der Waals surface area (Å²) in [6.45, 7) is 1.74. The average Bonchev–Trinajstić information content (AvgIpc) is 3.13. The lowest BCUT2D eigenvalue weighted by Crippen LogP contribution is -2.05. The van der Waals surface area contributed by atoms with Gasteiger partial charge in [0.25, 0.3) is 6.43 Å². The monoisotopic (exact) mass is 323 g/mol. The van der Waals surface area contributed by atoms with E-state index in [0.29, 0.717) is 10.6 Å². The number of rotatable bonds is 4. The number of esters is 1. The zero-order chi connectivity index (χ0) is 15.7. The lowest BCUT2D eigenvalue weighted by molar-refractivity contribution is 0.0521. The summed E-state index contributed by atoms with van der Waals surface area (Å²) < 4.78 is 32.6. The topological polar surface area (TPSA) is 56.5 Å². The molecule has 0 bridgehead atoms. The molecule has 22 heavy (non-hydrogen) atoms. The van der Waals surface area contributed by atoms with Crippen molar-refractivity contribution in [1.82, 2.24) is 14.6 Å². The fraction of sp³-hybridized carbons (Fsp3) is 0.214. The van der Waals surface area contributed by atoms with Crippen LogP contribution in [0.2, 0.25) is 0 Å². The van der Waals surface area contributed by atoms with Gasteiger partial charge in [-0.25, -0.2) is 23.1 Å². The van der Waals surface area contributed by atoms with Gasteiger partial charge in [-0.1, -0.05) is 0 Å². The quantitative estimate of drug-likeness (QED) is 0.689. The number of fused-ring (bicyclic) bond motifs is 1. The molecule has 0 saturated heterocycles. The standard InChI is InChI=1S/C14H11F2N3O2S/c1-2-21-14(20)11-10(12(15)16)18-13(22-11)8-4-6-19-9(7-8)3-5-17-19/h3-7,12H,2H2,1H3. The van der Waals surface area contributed by atoms with Crippen LogP contribution in [0.3, 0.4) is 0 Å². The van der Waals surface area contributed by atoms with Crippen LogP contribution >= 0.6 is 11.3 Å². The molecule has 3 aromatic rings. The number of ether oxygens (including phenoxy) is 1. The van der Waals surface area contributed by atoms with Gasteiger partial charge in [0.2, 0.25) is 0 Å². The van der Waals surface area contributed by atoms with Gasteiger partial charge in [-0.15, -0.1) is 11.3 Å². The van der Waals surface area contributed by atoms with Gasteiger partial charge in [0.05, 0.1) is 12.1 Å². The molecule has 3 rings (SSSR count).